The Hall–Kier alpha value is -1.69. The highest BCUT2D eigenvalue weighted by Crippen LogP contribution is 2.33. The fourth-order valence-corrected chi connectivity index (χ4v) is 2.28. The molecule has 0 bridgehead atoms. The number of halogens is 1. The van der Waals surface area contributed by atoms with Gasteiger partial charge in [-0.05, 0) is 25.0 Å². The molecule has 92 valence electrons. The van der Waals surface area contributed by atoms with E-state index in [1.807, 2.05) is 4.90 Å². The minimum Gasteiger partial charge on any atom is -0.362 e. The molecule has 5 nitrogen and oxygen atoms in total. The fourth-order valence-electron chi connectivity index (χ4n) is 2.28. The van der Waals surface area contributed by atoms with E-state index in [1.165, 1.54) is 12.1 Å². The molecule has 1 aromatic carbocycles. The molecule has 1 saturated heterocycles. The van der Waals surface area contributed by atoms with Crippen LogP contribution in [0.2, 0.25) is 0 Å². The third kappa shape index (κ3) is 2.21. The molecule has 0 radical (unpaired) electrons. The molecule has 2 N–H and O–H groups in total. The Bertz CT molecular complexity index is 439. The van der Waals surface area contributed by atoms with Gasteiger partial charge in [-0.1, -0.05) is 0 Å². The molecule has 6 heteroatoms. The average molecular weight is 239 g/mol. The Morgan fingerprint density at radius 1 is 1.59 bits per heavy atom. The number of nitro benzene ring substituents is 1. The monoisotopic (exact) mass is 239 g/mol. The van der Waals surface area contributed by atoms with Gasteiger partial charge in [-0.2, -0.15) is 0 Å². The van der Waals surface area contributed by atoms with Gasteiger partial charge in [-0.3, -0.25) is 10.1 Å². The minimum absolute atomic E-state index is 0.110. The second kappa shape index (κ2) is 4.67. The summed E-state index contributed by atoms with van der Waals surface area (Å²) in [6.45, 7) is 1.18. The number of nitrogens with two attached hydrogens (primary N) is 1. The minimum atomic E-state index is -0.594. The standard InChI is InChI=1S/C11H14FN3O2/c12-8-3-4-10(11(6-8)15(16)17)14-5-1-2-9(14)7-13/h3-4,6,9H,1-2,5,7,13H2. The molecular formula is C11H14FN3O2. The quantitative estimate of drug-likeness (QED) is 0.643. The van der Waals surface area contributed by atoms with Crippen molar-refractivity contribution in [2.75, 3.05) is 18.0 Å². The number of benzene rings is 1. The van der Waals surface area contributed by atoms with E-state index in [9.17, 15) is 14.5 Å². The number of anilines is 1. The number of nitro groups is 1. The predicted molar refractivity (Wildman–Crippen MR) is 62.5 cm³/mol. The van der Waals surface area contributed by atoms with Crippen molar-refractivity contribution in [3.8, 4) is 0 Å². The van der Waals surface area contributed by atoms with E-state index in [-0.39, 0.29) is 11.7 Å². The molecule has 2 rings (SSSR count). The molecule has 1 unspecified atom stereocenters. The molecule has 1 aromatic rings. The normalized spacial score (nSPS) is 19.6. The van der Waals surface area contributed by atoms with E-state index < -0.39 is 10.7 Å². The third-order valence-electron chi connectivity index (χ3n) is 3.09. The first kappa shape index (κ1) is 11.8. The van der Waals surface area contributed by atoms with Gasteiger partial charge < -0.3 is 10.6 Å². The lowest BCUT2D eigenvalue weighted by atomic mass is 10.2. The van der Waals surface area contributed by atoms with Crippen molar-refractivity contribution >= 4 is 11.4 Å². The van der Waals surface area contributed by atoms with Crippen LogP contribution in [0.1, 0.15) is 12.8 Å². The van der Waals surface area contributed by atoms with Gasteiger partial charge in [0.25, 0.3) is 5.69 Å². The zero-order valence-corrected chi connectivity index (χ0v) is 9.30. The molecule has 1 aliphatic rings. The molecule has 0 spiro atoms. The Labute approximate surface area is 98.2 Å². The second-order valence-corrected chi connectivity index (χ2v) is 4.12. The molecule has 1 aliphatic heterocycles. The van der Waals surface area contributed by atoms with E-state index >= 15 is 0 Å². The van der Waals surface area contributed by atoms with Crippen molar-refractivity contribution in [1.29, 1.82) is 0 Å². The summed E-state index contributed by atoms with van der Waals surface area (Å²) in [6, 6.07) is 3.77. The van der Waals surface area contributed by atoms with Gasteiger partial charge in [0.2, 0.25) is 0 Å². The van der Waals surface area contributed by atoms with Gasteiger partial charge >= 0.3 is 0 Å². The van der Waals surface area contributed by atoms with Gasteiger partial charge in [0.15, 0.2) is 0 Å². The lowest BCUT2D eigenvalue weighted by Gasteiger charge is -2.25. The first-order valence-electron chi connectivity index (χ1n) is 5.54. The van der Waals surface area contributed by atoms with Crippen molar-refractivity contribution < 1.29 is 9.31 Å². The van der Waals surface area contributed by atoms with Crippen LogP contribution in [0.4, 0.5) is 15.8 Å². The van der Waals surface area contributed by atoms with Crippen LogP contribution in [-0.4, -0.2) is 24.1 Å². The Kier molecular flexibility index (Phi) is 3.23. The number of hydrogen-bond acceptors (Lipinski definition) is 4. The summed E-state index contributed by atoms with van der Waals surface area (Å²) in [6.07, 6.45) is 1.88. The zero-order chi connectivity index (χ0) is 12.4. The summed E-state index contributed by atoms with van der Waals surface area (Å²) in [5.41, 5.74) is 5.90. The van der Waals surface area contributed by atoms with Crippen molar-refractivity contribution in [1.82, 2.24) is 0 Å². The van der Waals surface area contributed by atoms with Crippen LogP contribution in [0.5, 0.6) is 0 Å². The van der Waals surface area contributed by atoms with Crippen LogP contribution in [0, 0.1) is 15.9 Å². The summed E-state index contributed by atoms with van der Waals surface area (Å²) in [5.74, 6) is -0.594. The average Bonchev–Trinajstić information content (AvgIpc) is 2.76. The second-order valence-electron chi connectivity index (χ2n) is 4.12. The maximum Gasteiger partial charge on any atom is 0.295 e. The molecule has 1 atom stereocenters. The molecule has 17 heavy (non-hydrogen) atoms. The molecule has 0 aliphatic carbocycles. The molecule has 1 heterocycles. The van der Waals surface area contributed by atoms with E-state index in [2.05, 4.69) is 0 Å². The van der Waals surface area contributed by atoms with Crippen LogP contribution < -0.4 is 10.6 Å². The lowest BCUT2D eigenvalue weighted by molar-refractivity contribution is -0.384. The maximum absolute atomic E-state index is 13.0. The summed E-state index contributed by atoms with van der Waals surface area (Å²) in [7, 11) is 0. The van der Waals surface area contributed by atoms with Gasteiger partial charge in [0.05, 0.1) is 11.0 Å². The van der Waals surface area contributed by atoms with Crippen LogP contribution in [0.25, 0.3) is 0 Å². The Morgan fingerprint density at radius 2 is 2.35 bits per heavy atom. The van der Waals surface area contributed by atoms with E-state index in [1.54, 1.807) is 0 Å². The Morgan fingerprint density at radius 3 is 3.00 bits per heavy atom. The SMILES string of the molecule is NCC1CCCN1c1ccc(F)cc1[N+](=O)[O-]. The molecular weight excluding hydrogens is 225 g/mol. The first-order chi connectivity index (χ1) is 8.13. The van der Waals surface area contributed by atoms with E-state index in [0.29, 0.717) is 12.2 Å². The van der Waals surface area contributed by atoms with Gasteiger partial charge in [0, 0.05) is 19.1 Å². The van der Waals surface area contributed by atoms with Crippen molar-refractivity contribution in [3.63, 3.8) is 0 Å². The van der Waals surface area contributed by atoms with Crippen LogP contribution >= 0.6 is 0 Å². The molecule has 0 aromatic heterocycles. The van der Waals surface area contributed by atoms with Crippen molar-refractivity contribution in [3.05, 3.63) is 34.1 Å². The smallest absolute Gasteiger partial charge is 0.295 e. The summed E-state index contributed by atoms with van der Waals surface area (Å²) < 4.78 is 13.0. The Balaban J connectivity index is 2.40. The molecule has 1 fully saturated rings. The highest BCUT2D eigenvalue weighted by Gasteiger charge is 2.28. The van der Waals surface area contributed by atoms with Crippen LogP contribution in [0.3, 0.4) is 0 Å². The molecule has 0 amide bonds. The van der Waals surface area contributed by atoms with Gasteiger partial charge in [0.1, 0.15) is 11.5 Å². The lowest BCUT2D eigenvalue weighted by Crippen LogP contribution is -2.35. The van der Waals surface area contributed by atoms with Crippen molar-refractivity contribution in [2.24, 2.45) is 5.73 Å². The highest BCUT2D eigenvalue weighted by atomic mass is 19.1. The van der Waals surface area contributed by atoms with E-state index in [4.69, 9.17) is 5.73 Å². The summed E-state index contributed by atoms with van der Waals surface area (Å²) >= 11 is 0. The number of rotatable bonds is 3. The first-order valence-corrected chi connectivity index (χ1v) is 5.54. The summed E-state index contributed by atoms with van der Waals surface area (Å²) in [4.78, 5) is 12.3. The maximum atomic E-state index is 13.0. The van der Waals surface area contributed by atoms with Gasteiger partial charge in [-0.25, -0.2) is 4.39 Å². The zero-order valence-electron chi connectivity index (χ0n) is 9.30. The number of hydrogen-bond donors (Lipinski definition) is 1. The predicted octanol–water partition coefficient (Wildman–Crippen LogP) is 1.66. The number of nitrogens with zero attached hydrogens (tertiary/aromatic N) is 2. The summed E-state index contributed by atoms with van der Waals surface area (Å²) in [5, 5.41) is 10.9. The van der Waals surface area contributed by atoms with Gasteiger partial charge in [-0.15, -0.1) is 0 Å². The fraction of sp³-hybridized carbons (Fsp3) is 0.455. The largest absolute Gasteiger partial charge is 0.362 e. The topological polar surface area (TPSA) is 72.4 Å². The highest BCUT2D eigenvalue weighted by molar-refractivity contribution is 5.64. The molecule has 0 saturated carbocycles. The van der Waals surface area contributed by atoms with Crippen LogP contribution in [0.15, 0.2) is 18.2 Å². The van der Waals surface area contributed by atoms with Crippen LogP contribution in [-0.2, 0) is 0 Å². The van der Waals surface area contributed by atoms with Crippen molar-refractivity contribution in [2.45, 2.75) is 18.9 Å². The van der Waals surface area contributed by atoms with E-state index in [0.717, 1.165) is 25.5 Å². The third-order valence-corrected chi connectivity index (χ3v) is 3.09.